The summed E-state index contributed by atoms with van der Waals surface area (Å²) in [5.41, 5.74) is 5.85. The van der Waals surface area contributed by atoms with E-state index in [0.29, 0.717) is 0 Å². The Morgan fingerprint density at radius 3 is 2.04 bits per heavy atom. The molecular weight excluding hydrogens is 318 g/mol. The second-order valence-corrected chi connectivity index (χ2v) is 6.65. The Bertz CT molecular complexity index is 886. The number of hydrazone groups is 1. The van der Waals surface area contributed by atoms with E-state index < -0.39 is 0 Å². The lowest BCUT2D eigenvalue weighted by molar-refractivity contribution is 0.572. The second kappa shape index (κ2) is 7.14. The summed E-state index contributed by atoms with van der Waals surface area (Å²) < 4.78 is 0. The zero-order valence-electron chi connectivity index (χ0n) is 15.1. The van der Waals surface area contributed by atoms with E-state index in [9.17, 15) is 0 Å². The molecule has 3 aromatic rings. The van der Waals surface area contributed by atoms with E-state index in [1.807, 2.05) is 13.1 Å². The summed E-state index contributed by atoms with van der Waals surface area (Å²) in [6.07, 6.45) is 0. The highest BCUT2D eigenvalue weighted by molar-refractivity contribution is 6.07. The molecule has 0 unspecified atom stereocenters. The molecule has 0 spiro atoms. The number of nitrogens with zero attached hydrogens (tertiary/aromatic N) is 2. The first-order chi connectivity index (χ1) is 12.8. The monoisotopic (exact) mass is 341 g/mol. The Labute approximate surface area is 155 Å². The lowest BCUT2D eigenvalue weighted by Crippen LogP contribution is -2.39. The molecule has 2 atom stereocenters. The number of para-hydroxylation sites is 1. The van der Waals surface area contributed by atoms with Crippen LogP contribution < -0.4 is 10.3 Å². The predicted octanol–water partition coefficient (Wildman–Crippen LogP) is 4.55. The third-order valence-corrected chi connectivity index (χ3v) is 4.91. The summed E-state index contributed by atoms with van der Waals surface area (Å²) in [7, 11) is 2.01. The Morgan fingerprint density at radius 2 is 1.42 bits per heavy atom. The average molecular weight is 341 g/mol. The summed E-state index contributed by atoms with van der Waals surface area (Å²) >= 11 is 0. The lowest BCUT2D eigenvalue weighted by Gasteiger charge is -2.28. The van der Waals surface area contributed by atoms with Gasteiger partial charge in [-0.2, -0.15) is 5.10 Å². The van der Waals surface area contributed by atoms with Gasteiger partial charge < -0.3 is 5.32 Å². The van der Waals surface area contributed by atoms with E-state index in [2.05, 4.69) is 96.1 Å². The van der Waals surface area contributed by atoms with E-state index in [4.69, 9.17) is 5.10 Å². The largest absolute Gasteiger partial charge is 0.310 e. The first kappa shape index (κ1) is 16.6. The van der Waals surface area contributed by atoms with Gasteiger partial charge in [-0.3, -0.25) is 5.01 Å². The zero-order chi connectivity index (χ0) is 17.9. The maximum atomic E-state index is 5.06. The van der Waals surface area contributed by atoms with E-state index in [1.165, 1.54) is 11.1 Å². The second-order valence-electron chi connectivity index (χ2n) is 6.65. The van der Waals surface area contributed by atoms with Crippen LogP contribution in [-0.4, -0.2) is 18.8 Å². The van der Waals surface area contributed by atoms with Crippen molar-refractivity contribution in [3.05, 3.63) is 102 Å². The number of benzene rings is 3. The minimum atomic E-state index is 0.111. The van der Waals surface area contributed by atoms with Gasteiger partial charge in [-0.25, -0.2) is 0 Å². The molecule has 0 saturated carbocycles. The van der Waals surface area contributed by atoms with Crippen LogP contribution in [0.5, 0.6) is 0 Å². The molecule has 3 aromatic carbocycles. The molecule has 0 fully saturated rings. The van der Waals surface area contributed by atoms with Gasteiger partial charge in [0.15, 0.2) is 0 Å². The topological polar surface area (TPSA) is 27.6 Å². The van der Waals surface area contributed by atoms with Crippen LogP contribution in [0.15, 0.2) is 90.0 Å². The van der Waals surface area contributed by atoms with Crippen molar-refractivity contribution in [2.45, 2.75) is 19.0 Å². The van der Waals surface area contributed by atoms with Crippen LogP contribution in [0.4, 0.5) is 5.69 Å². The number of likely N-dealkylation sites (N-methyl/N-ethyl adjacent to an activating group) is 1. The Balaban J connectivity index is 1.83. The highest BCUT2D eigenvalue weighted by atomic mass is 15.5. The van der Waals surface area contributed by atoms with Gasteiger partial charge in [0.1, 0.15) is 0 Å². The molecule has 130 valence electrons. The normalized spacial score (nSPS) is 19.5. The number of hydrogen-bond acceptors (Lipinski definition) is 3. The summed E-state index contributed by atoms with van der Waals surface area (Å²) in [5.74, 6) is 0. The first-order valence-electron chi connectivity index (χ1n) is 9.00. The number of rotatable bonds is 4. The van der Waals surface area contributed by atoms with Gasteiger partial charge in [-0.1, -0.05) is 78.4 Å². The van der Waals surface area contributed by atoms with E-state index >= 15 is 0 Å². The number of hydrogen-bond donors (Lipinski definition) is 1. The molecule has 4 rings (SSSR count). The zero-order valence-corrected chi connectivity index (χ0v) is 15.1. The van der Waals surface area contributed by atoms with Crippen molar-refractivity contribution in [3.63, 3.8) is 0 Å². The van der Waals surface area contributed by atoms with Gasteiger partial charge in [-0.15, -0.1) is 0 Å². The van der Waals surface area contributed by atoms with Crippen LogP contribution in [0.25, 0.3) is 0 Å². The van der Waals surface area contributed by atoms with E-state index in [0.717, 1.165) is 17.0 Å². The van der Waals surface area contributed by atoms with Crippen molar-refractivity contribution in [2.24, 2.45) is 5.10 Å². The quantitative estimate of drug-likeness (QED) is 0.754. The van der Waals surface area contributed by atoms with Crippen molar-refractivity contribution in [2.75, 3.05) is 12.1 Å². The molecule has 0 saturated heterocycles. The van der Waals surface area contributed by atoms with Crippen LogP contribution in [0, 0.1) is 6.92 Å². The minimum absolute atomic E-state index is 0.111. The molecule has 26 heavy (non-hydrogen) atoms. The van der Waals surface area contributed by atoms with Gasteiger partial charge in [0.05, 0.1) is 23.5 Å². The molecule has 0 radical (unpaired) electrons. The van der Waals surface area contributed by atoms with Crippen molar-refractivity contribution in [3.8, 4) is 0 Å². The number of nitrogens with one attached hydrogen (secondary N) is 1. The van der Waals surface area contributed by atoms with Crippen LogP contribution in [-0.2, 0) is 0 Å². The third-order valence-electron chi connectivity index (χ3n) is 4.91. The van der Waals surface area contributed by atoms with Crippen LogP contribution in [0.3, 0.4) is 0 Å². The molecule has 1 N–H and O–H groups in total. The minimum Gasteiger partial charge on any atom is -0.310 e. The van der Waals surface area contributed by atoms with Gasteiger partial charge in [0.2, 0.25) is 0 Å². The fraction of sp³-hybridized carbons (Fsp3) is 0.174. The first-order valence-corrected chi connectivity index (χ1v) is 9.00. The smallest absolute Gasteiger partial charge is 0.0986 e. The SMILES string of the molecule is CN[C@H]1C(c2ccc(C)cc2)=NN(c2ccccc2)[C@@H]1c1ccccc1. The molecule has 0 aliphatic carbocycles. The Kier molecular flexibility index (Phi) is 4.55. The van der Waals surface area contributed by atoms with E-state index in [-0.39, 0.29) is 12.1 Å². The lowest BCUT2D eigenvalue weighted by atomic mass is 9.93. The van der Waals surface area contributed by atoms with Crippen LogP contribution in [0.2, 0.25) is 0 Å². The van der Waals surface area contributed by atoms with Crippen LogP contribution >= 0.6 is 0 Å². The fourth-order valence-corrected chi connectivity index (χ4v) is 3.57. The molecule has 0 aromatic heterocycles. The summed E-state index contributed by atoms with van der Waals surface area (Å²) in [6.45, 7) is 2.11. The highest BCUT2D eigenvalue weighted by Gasteiger charge is 2.38. The van der Waals surface area contributed by atoms with Gasteiger partial charge in [-0.05, 0) is 37.2 Å². The highest BCUT2D eigenvalue weighted by Crippen LogP contribution is 2.36. The fourth-order valence-electron chi connectivity index (χ4n) is 3.57. The average Bonchev–Trinajstić information content (AvgIpc) is 3.09. The molecule has 3 heteroatoms. The molecule has 1 aliphatic rings. The number of anilines is 1. The summed E-state index contributed by atoms with van der Waals surface area (Å²) in [6, 6.07) is 29.8. The van der Waals surface area contributed by atoms with Crippen molar-refractivity contribution < 1.29 is 0 Å². The predicted molar refractivity (Wildman–Crippen MR) is 109 cm³/mol. The summed E-state index contributed by atoms with van der Waals surface area (Å²) in [4.78, 5) is 0. The molecule has 0 bridgehead atoms. The molecule has 0 amide bonds. The van der Waals surface area contributed by atoms with Gasteiger partial charge >= 0.3 is 0 Å². The number of aryl methyl sites for hydroxylation is 1. The van der Waals surface area contributed by atoms with Gasteiger partial charge in [0.25, 0.3) is 0 Å². The van der Waals surface area contributed by atoms with Crippen LogP contribution in [0.1, 0.15) is 22.7 Å². The van der Waals surface area contributed by atoms with Crippen molar-refractivity contribution >= 4 is 11.4 Å². The van der Waals surface area contributed by atoms with Crippen molar-refractivity contribution in [1.29, 1.82) is 0 Å². The third kappa shape index (κ3) is 3.02. The molecule has 1 aliphatic heterocycles. The molecule has 1 heterocycles. The Morgan fingerprint density at radius 1 is 0.808 bits per heavy atom. The maximum absolute atomic E-state index is 5.06. The standard InChI is InChI=1S/C23H23N3/c1-17-13-15-18(16-14-17)21-22(24-2)23(19-9-5-3-6-10-19)26(25-21)20-11-7-4-8-12-20/h3-16,22-24H,1-2H3/t22-,23+/m0/s1. The summed E-state index contributed by atoms with van der Waals surface area (Å²) in [5, 5.41) is 10.7. The molecular formula is C23H23N3. The maximum Gasteiger partial charge on any atom is 0.0986 e. The van der Waals surface area contributed by atoms with Gasteiger partial charge in [0, 0.05) is 0 Å². The van der Waals surface area contributed by atoms with Crippen molar-refractivity contribution in [1.82, 2.24) is 5.32 Å². The van der Waals surface area contributed by atoms with E-state index in [1.54, 1.807) is 0 Å². The molecule has 3 nitrogen and oxygen atoms in total. The Hall–Kier alpha value is -2.91.